The van der Waals surface area contributed by atoms with Gasteiger partial charge in [0.2, 0.25) is 5.91 Å². The first-order valence-electron chi connectivity index (χ1n) is 12.5. The Morgan fingerprint density at radius 1 is 1.03 bits per heavy atom. The van der Waals surface area contributed by atoms with Crippen LogP contribution in [0, 0.1) is 5.41 Å². The van der Waals surface area contributed by atoms with Crippen LogP contribution in [0.15, 0.2) is 48.8 Å². The summed E-state index contributed by atoms with van der Waals surface area (Å²) in [6.45, 7) is 4.96. The van der Waals surface area contributed by atoms with E-state index < -0.39 is 0 Å². The van der Waals surface area contributed by atoms with Gasteiger partial charge >= 0.3 is 6.03 Å². The van der Waals surface area contributed by atoms with Crippen molar-refractivity contribution in [3.05, 3.63) is 54.4 Å². The number of carbonyl (C=O) groups excluding carboxylic acids is 2. The van der Waals surface area contributed by atoms with Crippen molar-refractivity contribution < 1.29 is 14.3 Å². The summed E-state index contributed by atoms with van der Waals surface area (Å²) in [5.74, 6) is 1.42. The van der Waals surface area contributed by atoms with E-state index in [0.717, 1.165) is 50.1 Å². The van der Waals surface area contributed by atoms with Gasteiger partial charge in [0, 0.05) is 55.5 Å². The van der Waals surface area contributed by atoms with Gasteiger partial charge in [0.25, 0.3) is 0 Å². The van der Waals surface area contributed by atoms with Crippen molar-refractivity contribution in [2.75, 3.05) is 31.5 Å². The highest BCUT2D eigenvalue weighted by atomic mass is 16.5. The number of likely N-dealkylation sites (tertiary alicyclic amines) is 2. The molecule has 0 unspecified atom stereocenters. The Balaban J connectivity index is 1.08. The van der Waals surface area contributed by atoms with Crippen LogP contribution in [0.25, 0.3) is 0 Å². The monoisotopic (exact) mass is 462 g/mol. The Morgan fingerprint density at radius 3 is 2.50 bits per heavy atom. The summed E-state index contributed by atoms with van der Waals surface area (Å²) < 4.78 is 6.16. The predicted molar refractivity (Wildman–Crippen MR) is 131 cm³/mol. The van der Waals surface area contributed by atoms with Gasteiger partial charge in [0.1, 0.15) is 11.9 Å². The SMILES string of the molecule is CC1(C(=O)N2CC[C@@H](Oc3ccc(NC(=O)N4CC(c5cccnc5)C4)cc3)C2)CCCCC1. The molecule has 1 aliphatic carbocycles. The molecule has 0 spiro atoms. The molecule has 0 bridgehead atoms. The fourth-order valence-electron chi connectivity index (χ4n) is 5.42. The number of rotatable bonds is 5. The summed E-state index contributed by atoms with van der Waals surface area (Å²) in [5, 5.41) is 2.96. The Hall–Kier alpha value is -3.09. The van der Waals surface area contributed by atoms with Gasteiger partial charge in [-0.05, 0) is 48.7 Å². The van der Waals surface area contributed by atoms with E-state index >= 15 is 0 Å². The molecule has 2 aromatic rings. The second-order valence-corrected chi connectivity index (χ2v) is 10.2. The molecule has 3 heterocycles. The average Bonchev–Trinajstić information content (AvgIpc) is 3.28. The van der Waals surface area contributed by atoms with Gasteiger partial charge in [-0.15, -0.1) is 0 Å². The number of nitrogens with one attached hydrogen (secondary N) is 1. The minimum atomic E-state index is -0.193. The first-order valence-corrected chi connectivity index (χ1v) is 12.5. The molecule has 34 heavy (non-hydrogen) atoms. The highest BCUT2D eigenvalue weighted by Crippen LogP contribution is 2.38. The lowest BCUT2D eigenvalue weighted by Gasteiger charge is -2.39. The van der Waals surface area contributed by atoms with E-state index in [0.29, 0.717) is 31.5 Å². The largest absolute Gasteiger partial charge is 0.489 e. The molecular formula is C27H34N4O3. The third-order valence-corrected chi connectivity index (χ3v) is 7.64. The van der Waals surface area contributed by atoms with Crippen LogP contribution in [-0.4, -0.2) is 59.0 Å². The summed E-state index contributed by atoms with van der Waals surface area (Å²) in [6.07, 6.45) is 10.1. The summed E-state index contributed by atoms with van der Waals surface area (Å²) in [6, 6.07) is 11.4. The maximum atomic E-state index is 13.1. The molecule has 7 nitrogen and oxygen atoms in total. The predicted octanol–water partition coefficient (Wildman–Crippen LogP) is 4.66. The normalized spacial score (nSPS) is 22.2. The molecule has 7 heteroatoms. The third-order valence-electron chi connectivity index (χ3n) is 7.64. The zero-order valence-corrected chi connectivity index (χ0v) is 19.9. The van der Waals surface area contributed by atoms with Gasteiger partial charge < -0.3 is 19.9 Å². The van der Waals surface area contributed by atoms with Crippen molar-refractivity contribution in [2.45, 2.75) is 57.5 Å². The van der Waals surface area contributed by atoms with Crippen LogP contribution in [0.2, 0.25) is 0 Å². The lowest BCUT2D eigenvalue weighted by atomic mass is 9.75. The topological polar surface area (TPSA) is 74.8 Å². The van der Waals surface area contributed by atoms with Crippen LogP contribution < -0.4 is 10.1 Å². The van der Waals surface area contributed by atoms with Crippen molar-refractivity contribution in [3.8, 4) is 5.75 Å². The van der Waals surface area contributed by atoms with Gasteiger partial charge in [0.05, 0.1) is 6.54 Å². The Morgan fingerprint density at radius 2 is 1.79 bits per heavy atom. The molecule has 180 valence electrons. The number of amides is 3. The van der Waals surface area contributed by atoms with Gasteiger partial charge in [0.15, 0.2) is 0 Å². The van der Waals surface area contributed by atoms with Gasteiger partial charge in [-0.3, -0.25) is 9.78 Å². The average molecular weight is 463 g/mol. The molecule has 3 aliphatic rings. The minimum absolute atomic E-state index is 0.0158. The summed E-state index contributed by atoms with van der Waals surface area (Å²) in [7, 11) is 0. The van der Waals surface area contributed by atoms with Crippen molar-refractivity contribution in [1.29, 1.82) is 0 Å². The standard InChI is InChI=1S/C27H34N4O3/c1-27(12-3-2-4-13-27)25(32)30-15-11-24(19-30)34-23-9-7-22(8-10-23)29-26(33)31-17-21(18-31)20-6-5-14-28-16-20/h5-10,14,16,21,24H,2-4,11-13,15,17-19H2,1H3,(H,29,33)/t24-/m1/s1. The molecule has 1 saturated carbocycles. The number of nitrogens with zero attached hydrogens (tertiary/aromatic N) is 3. The van der Waals surface area contributed by atoms with Crippen LogP contribution in [0.3, 0.4) is 0 Å². The van der Waals surface area contributed by atoms with Crippen LogP contribution in [0.5, 0.6) is 5.75 Å². The first kappa shape index (κ1) is 22.7. The molecule has 1 atom stereocenters. The number of urea groups is 1. The molecule has 0 radical (unpaired) electrons. The van der Waals surface area contributed by atoms with Crippen LogP contribution >= 0.6 is 0 Å². The van der Waals surface area contributed by atoms with E-state index in [-0.39, 0.29) is 17.6 Å². The number of benzene rings is 1. The van der Waals surface area contributed by atoms with E-state index in [1.807, 2.05) is 41.4 Å². The molecule has 1 aromatic heterocycles. The van der Waals surface area contributed by atoms with E-state index in [4.69, 9.17) is 4.74 Å². The second kappa shape index (κ2) is 9.65. The molecule has 3 fully saturated rings. The molecule has 5 rings (SSSR count). The number of hydrogen-bond donors (Lipinski definition) is 1. The highest BCUT2D eigenvalue weighted by Gasteiger charge is 2.40. The number of carbonyl (C=O) groups is 2. The Bertz CT molecular complexity index is 998. The van der Waals surface area contributed by atoms with Crippen molar-refractivity contribution in [3.63, 3.8) is 0 Å². The van der Waals surface area contributed by atoms with E-state index in [1.54, 1.807) is 11.1 Å². The fraction of sp³-hybridized carbons (Fsp3) is 0.519. The summed E-state index contributed by atoms with van der Waals surface area (Å²) in [5.41, 5.74) is 1.73. The molecule has 1 N–H and O–H groups in total. The van der Waals surface area contributed by atoms with Gasteiger partial charge in [-0.2, -0.15) is 0 Å². The number of pyridine rings is 1. The zero-order valence-electron chi connectivity index (χ0n) is 19.9. The van der Waals surface area contributed by atoms with Gasteiger partial charge in [-0.25, -0.2) is 4.79 Å². The molecule has 3 amide bonds. The van der Waals surface area contributed by atoms with E-state index in [2.05, 4.69) is 23.3 Å². The quantitative estimate of drug-likeness (QED) is 0.701. The van der Waals surface area contributed by atoms with Crippen LogP contribution in [0.1, 0.15) is 56.9 Å². The number of aromatic nitrogens is 1. The maximum Gasteiger partial charge on any atom is 0.321 e. The fourth-order valence-corrected chi connectivity index (χ4v) is 5.42. The van der Waals surface area contributed by atoms with E-state index in [1.165, 1.54) is 12.0 Å². The smallest absolute Gasteiger partial charge is 0.321 e. The van der Waals surface area contributed by atoms with Gasteiger partial charge in [-0.1, -0.05) is 32.3 Å². The Kier molecular flexibility index (Phi) is 6.44. The molecular weight excluding hydrogens is 428 g/mol. The number of hydrogen-bond acceptors (Lipinski definition) is 4. The van der Waals surface area contributed by atoms with Crippen molar-refractivity contribution in [1.82, 2.24) is 14.8 Å². The summed E-state index contributed by atoms with van der Waals surface area (Å²) in [4.78, 5) is 33.6. The lowest BCUT2D eigenvalue weighted by molar-refractivity contribution is -0.142. The number of anilines is 1. The van der Waals surface area contributed by atoms with Crippen LogP contribution in [-0.2, 0) is 4.79 Å². The number of ether oxygens (including phenoxy) is 1. The minimum Gasteiger partial charge on any atom is -0.489 e. The molecule has 2 aliphatic heterocycles. The van der Waals surface area contributed by atoms with Crippen molar-refractivity contribution in [2.24, 2.45) is 5.41 Å². The van der Waals surface area contributed by atoms with Crippen molar-refractivity contribution >= 4 is 17.6 Å². The van der Waals surface area contributed by atoms with Crippen LogP contribution in [0.4, 0.5) is 10.5 Å². The lowest BCUT2D eigenvalue weighted by Crippen LogP contribution is -2.50. The third kappa shape index (κ3) is 4.88. The summed E-state index contributed by atoms with van der Waals surface area (Å²) >= 11 is 0. The van der Waals surface area contributed by atoms with E-state index in [9.17, 15) is 9.59 Å². The molecule has 2 saturated heterocycles. The maximum absolute atomic E-state index is 13.1. The Labute approximate surface area is 201 Å². The first-order chi connectivity index (χ1) is 16.5. The zero-order chi connectivity index (χ0) is 23.5. The second-order valence-electron chi connectivity index (χ2n) is 10.2. The highest BCUT2D eigenvalue weighted by molar-refractivity contribution is 5.90. The molecule has 1 aromatic carbocycles.